The zero-order valence-corrected chi connectivity index (χ0v) is 13.7. The van der Waals surface area contributed by atoms with Crippen molar-refractivity contribution in [2.75, 3.05) is 7.05 Å². The van der Waals surface area contributed by atoms with Crippen LogP contribution in [0.4, 0.5) is 0 Å². The van der Waals surface area contributed by atoms with Crippen molar-refractivity contribution < 1.29 is 0 Å². The van der Waals surface area contributed by atoms with E-state index in [1.54, 1.807) is 0 Å². The molecule has 0 aliphatic carbocycles. The number of hydrogen-bond donors (Lipinski definition) is 1. The molecular formula is C16H23N3S. The second-order valence-corrected chi connectivity index (χ2v) is 6.50. The molecule has 108 valence electrons. The van der Waals surface area contributed by atoms with Crippen LogP contribution in [0, 0.1) is 13.8 Å². The minimum Gasteiger partial charge on any atom is -0.312 e. The maximum absolute atomic E-state index is 4.29. The van der Waals surface area contributed by atoms with Crippen molar-refractivity contribution in [3.05, 3.63) is 45.5 Å². The third-order valence-electron chi connectivity index (χ3n) is 3.47. The summed E-state index contributed by atoms with van der Waals surface area (Å²) in [6, 6.07) is 7.03. The second kappa shape index (κ2) is 6.46. The van der Waals surface area contributed by atoms with Crippen LogP contribution in [-0.2, 0) is 6.42 Å². The fraction of sp³-hybridized carbons (Fsp3) is 0.500. The Morgan fingerprint density at radius 2 is 1.80 bits per heavy atom. The highest BCUT2D eigenvalue weighted by molar-refractivity contribution is 7.05. The van der Waals surface area contributed by atoms with E-state index in [2.05, 4.69) is 60.8 Å². The maximum Gasteiger partial charge on any atom is 0.0829 e. The number of nitrogens with one attached hydrogen (secondary N) is 1. The summed E-state index contributed by atoms with van der Waals surface area (Å²) in [6.45, 7) is 8.64. The lowest BCUT2D eigenvalue weighted by atomic mass is 9.98. The average Bonchev–Trinajstić information content (AvgIpc) is 2.83. The molecule has 0 aliphatic heterocycles. The molecule has 1 aromatic carbocycles. The lowest BCUT2D eigenvalue weighted by Gasteiger charge is -2.17. The first-order chi connectivity index (χ1) is 9.51. The van der Waals surface area contributed by atoms with Gasteiger partial charge in [-0.05, 0) is 50.3 Å². The number of benzene rings is 1. The van der Waals surface area contributed by atoms with Crippen LogP contribution in [0.1, 0.15) is 53.1 Å². The minimum absolute atomic E-state index is 0.286. The number of nitrogens with zero attached hydrogens (tertiary/aromatic N) is 2. The van der Waals surface area contributed by atoms with Crippen LogP contribution >= 0.6 is 11.5 Å². The molecule has 3 nitrogen and oxygen atoms in total. The lowest BCUT2D eigenvalue weighted by molar-refractivity contribution is 0.589. The normalized spacial score (nSPS) is 12.9. The van der Waals surface area contributed by atoms with Gasteiger partial charge in [-0.1, -0.05) is 47.7 Å². The van der Waals surface area contributed by atoms with Crippen molar-refractivity contribution in [3.63, 3.8) is 0 Å². The van der Waals surface area contributed by atoms with Crippen molar-refractivity contribution in [2.24, 2.45) is 0 Å². The largest absolute Gasteiger partial charge is 0.312 e. The molecule has 0 radical (unpaired) electrons. The Balaban J connectivity index is 2.26. The van der Waals surface area contributed by atoms with Crippen LogP contribution in [0.5, 0.6) is 0 Å². The Bertz CT molecular complexity index is 555. The van der Waals surface area contributed by atoms with Gasteiger partial charge in [0.05, 0.1) is 10.6 Å². The molecule has 0 amide bonds. The zero-order chi connectivity index (χ0) is 14.7. The van der Waals surface area contributed by atoms with Crippen LogP contribution in [0.15, 0.2) is 18.2 Å². The first kappa shape index (κ1) is 15.1. The van der Waals surface area contributed by atoms with E-state index in [9.17, 15) is 0 Å². The summed E-state index contributed by atoms with van der Waals surface area (Å²) in [5.74, 6) is 0.416. The molecule has 0 aliphatic rings. The molecule has 1 aromatic heterocycles. The third kappa shape index (κ3) is 3.44. The number of aromatic nitrogens is 2. The van der Waals surface area contributed by atoms with E-state index >= 15 is 0 Å². The van der Waals surface area contributed by atoms with Gasteiger partial charge < -0.3 is 5.32 Å². The van der Waals surface area contributed by atoms with Crippen LogP contribution < -0.4 is 5.32 Å². The molecule has 1 atom stereocenters. The van der Waals surface area contributed by atoms with Crippen LogP contribution in [0.3, 0.4) is 0 Å². The molecule has 1 heterocycles. The van der Waals surface area contributed by atoms with Gasteiger partial charge in [0.15, 0.2) is 0 Å². The molecule has 2 rings (SSSR count). The van der Waals surface area contributed by atoms with Gasteiger partial charge in [0.25, 0.3) is 0 Å². The van der Waals surface area contributed by atoms with E-state index in [4.69, 9.17) is 0 Å². The summed E-state index contributed by atoms with van der Waals surface area (Å²) in [5.41, 5.74) is 5.13. The highest BCUT2D eigenvalue weighted by Gasteiger charge is 2.20. The van der Waals surface area contributed by atoms with Gasteiger partial charge in [0.1, 0.15) is 0 Å². The molecular weight excluding hydrogens is 266 g/mol. The third-order valence-corrected chi connectivity index (χ3v) is 4.33. The fourth-order valence-corrected chi connectivity index (χ4v) is 3.51. The van der Waals surface area contributed by atoms with Crippen molar-refractivity contribution in [3.8, 4) is 0 Å². The molecule has 0 bridgehead atoms. The highest BCUT2D eigenvalue weighted by atomic mass is 32.1. The van der Waals surface area contributed by atoms with Crippen LogP contribution in [-0.4, -0.2) is 16.6 Å². The molecule has 0 spiro atoms. The zero-order valence-electron chi connectivity index (χ0n) is 12.9. The summed E-state index contributed by atoms with van der Waals surface area (Å²) < 4.78 is 4.14. The number of rotatable bonds is 5. The summed E-state index contributed by atoms with van der Waals surface area (Å²) >= 11 is 1.51. The van der Waals surface area contributed by atoms with Crippen molar-refractivity contribution >= 4 is 11.5 Å². The summed E-state index contributed by atoms with van der Waals surface area (Å²) in [4.78, 5) is 1.27. The van der Waals surface area contributed by atoms with Crippen molar-refractivity contribution in [2.45, 2.75) is 46.1 Å². The van der Waals surface area contributed by atoms with Gasteiger partial charge in [-0.3, -0.25) is 0 Å². The van der Waals surface area contributed by atoms with E-state index in [0.717, 1.165) is 12.1 Å². The van der Waals surface area contributed by atoms with E-state index < -0.39 is 0 Å². The fourth-order valence-electron chi connectivity index (χ4n) is 2.59. The van der Waals surface area contributed by atoms with Crippen LogP contribution in [0.2, 0.25) is 0 Å². The topological polar surface area (TPSA) is 37.8 Å². The molecule has 1 N–H and O–H groups in total. The number of aryl methyl sites for hydroxylation is 2. The van der Waals surface area contributed by atoms with E-state index in [1.165, 1.54) is 33.1 Å². The van der Waals surface area contributed by atoms with E-state index in [-0.39, 0.29) is 6.04 Å². The smallest absolute Gasteiger partial charge is 0.0829 e. The standard InChI is InChI=1S/C16H23N3S/c1-10(2)15-16(20-19-18-15)14(17-5)9-13-7-11(3)6-12(4)8-13/h6-8,10,14,17H,9H2,1-5H3. The van der Waals surface area contributed by atoms with Gasteiger partial charge in [-0.15, -0.1) is 5.10 Å². The van der Waals surface area contributed by atoms with Crippen molar-refractivity contribution in [1.29, 1.82) is 0 Å². The number of likely N-dealkylation sites (N-methyl/N-ethyl adjacent to an activating group) is 1. The number of hydrogen-bond acceptors (Lipinski definition) is 4. The SMILES string of the molecule is CNC(Cc1cc(C)cc(C)c1)c1snnc1C(C)C. The first-order valence-electron chi connectivity index (χ1n) is 7.07. The van der Waals surface area contributed by atoms with Gasteiger partial charge in [-0.2, -0.15) is 0 Å². The Morgan fingerprint density at radius 3 is 2.35 bits per heavy atom. The van der Waals surface area contributed by atoms with Gasteiger partial charge in [-0.25, -0.2) is 0 Å². The first-order valence-corrected chi connectivity index (χ1v) is 7.85. The monoisotopic (exact) mass is 289 g/mol. The maximum atomic E-state index is 4.29. The highest BCUT2D eigenvalue weighted by Crippen LogP contribution is 2.28. The Kier molecular flexibility index (Phi) is 4.89. The summed E-state index contributed by atoms with van der Waals surface area (Å²) in [7, 11) is 2.01. The molecule has 0 saturated carbocycles. The minimum atomic E-state index is 0.286. The summed E-state index contributed by atoms with van der Waals surface area (Å²) in [6.07, 6.45) is 0.975. The Labute approximate surface area is 125 Å². The molecule has 2 aromatic rings. The Hall–Kier alpha value is -1.26. The Morgan fingerprint density at radius 1 is 1.15 bits per heavy atom. The van der Waals surface area contributed by atoms with Gasteiger partial charge in [0, 0.05) is 6.04 Å². The predicted octanol–water partition coefficient (Wildman–Crippen LogP) is 3.78. The molecule has 20 heavy (non-hydrogen) atoms. The molecule has 4 heteroatoms. The van der Waals surface area contributed by atoms with E-state index in [0.29, 0.717) is 5.92 Å². The van der Waals surface area contributed by atoms with Crippen molar-refractivity contribution in [1.82, 2.24) is 14.9 Å². The lowest BCUT2D eigenvalue weighted by Crippen LogP contribution is -2.19. The van der Waals surface area contributed by atoms with Crippen LogP contribution in [0.25, 0.3) is 0 Å². The van der Waals surface area contributed by atoms with Gasteiger partial charge >= 0.3 is 0 Å². The van der Waals surface area contributed by atoms with Gasteiger partial charge in [0.2, 0.25) is 0 Å². The average molecular weight is 289 g/mol. The molecule has 0 saturated heterocycles. The quantitative estimate of drug-likeness (QED) is 0.910. The van der Waals surface area contributed by atoms with E-state index in [1.807, 2.05) is 7.05 Å². The summed E-state index contributed by atoms with van der Waals surface area (Å²) in [5, 5.41) is 7.71. The predicted molar refractivity (Wildman–Crippen MR) is 85.4 cm³/mol. The second-order valence-electron chi connectivity index (χ2n) is 5.72. The molecule has 0 fully saturated rings. The molecule has 1 unspecified atom stereocenters.